The van der Waals surface area contributed by atoms with Crippen molar-refractivity contribution in [3.8, 4) is 17.0 Å². The summed E-state index contributed by atoms with van der Waals surface area (Å²) in [6.45, 7) is 6.99. The van der Waals surface area contributed by atoms with Crippen LogP contribution in [0.4, 0.5) is 0 Å². The van der Waals surface area contributed by atoms with Crippen LogP contribution in [0.2, 0.25) is 0 Å². The van der Waals surface area contributed by atoms with Crippen LogP contribution >= 0.6 is 0 Å². The number of aromatic amines is 1. The fourth-order valence-electron chi connectivity index (χ4n) is 4.94. The fourth-order valence-corrected chi connectivity index (χ4v) is 4.94. The number of hydrogen-bond donors (Lipinski definition) is 1. The van der Waals surface area contributed by atoms with Gasteiger partial charge in [-0.25, -0.2) is 0 Å². The molecule has 1 aromatic heterocycles. The summed E-state index contributed by atoms with van der Waals surface area (Å²) < 4.78 is 5.87. The third-order valence-corrected chi connectivity index (χ3v) is 6.71. The number of likely N-dealkylation sites (N-methyl/N-ethyl adjacent to an activating group) is 1. The molecule has 0 radical (unpaired) electrons. The first kappa shape index (κ1) is 20.0. The van der Waals surface area contributed by atoms with E-state index in [-0.39, 0.29) is 17.5 Å². The molecule has 29 heavy (non-hydrogen) atoms. The summed E-state index contributed by atoms with van der Waals surface area (Å²) in [6.07, 6.45) is 5.34. The molecular formula is C23H32N4O2. The Hall–Kier alpha value is -2.34. The second-order valence-electron chi connectivity index (χ2n) is 8.55. The number of aromatic nitrogens is 2. The minimum atomic E-state index is 0.0573. The Bertz CT molecular complexity index is 864. The number of hydrogen-bond acceptors (Lipinski definition) is 4. The van der Waals surface area contributed by atoms with Crippen LogP contribution in [0.15, 0.2) is 30.3 Å². The number of carbonyl (C=O) groups excluding carboxylic acids is 1. The Morgan fingerprint density at radius 2 is 2.14 bits per heavy atom. The molecule has 0 bridgehead atoms. The molecule has 1 N–H and O–H groups in total. The topological polar surface area (TPSA) is 61.5 Å². The zero-order valence-electron chi connectivity index (χ0n) is 17.8. The van der Waals surface area contributed by atoms with Gasteiger partial charge in [-0.1, -0.05) is 19.1 Å². The number of benzene rings is 1. The van der Waals surface area contributed by atoms with Gasteiger partial charge in [0.05, 0.1) is 18.3 Å². The lowest BCUT2D eigenvalue weighted by Gasteiger charge is -2.55. The summed E-state index contributed by atoms with van der Waals surface area (Å²) in [6, 6.07) is 10.0. The highest BCUT2D eigenvalue weighted by atomic mass is 16.5. The number of likely N-dealkylation sites (tertiary alicyclic amines) is 2. The average molecular weight is 397 g/mol. The average Bonchev–Trinajstić information content (AvgIpc) is 3.22. The number of piperidine rings is 2. The lowest BCUT2D eigenvalue weighted by atomic mass is 9.76. The van der Waals surface area contributed by atoms with E-state index in [1.165, 1.54) is 0 Å². The van der Waals surface area contributed by atoms with Crippen LogP contribution in [0, 0.1) is 0 Å². The standard InChI is InChI=1S/C23H32N4O2/c1-4-15-29-20-10-6-5-9-17(20)18-16-19(25-24-18)22(28)27-14-8-12-23(2)21(27)11-7-13-26(23)3/h5-6,9-10,16,21H,4,7-8,11-15H2,1-3H3,(H,24,25)/t21-,23-/m0/s1. The van der Waals surface area contributed by atoms with Gasteiger partial charge in [0.2, 0.25) is 0 Å². The molecule has 1 amide bonds. The molecule has 2 saturated heterocycles. The van der Waals surface area contributed by atoms with Crippen molar-refractivity contribution in [2.45, 2.75) is 57.5 Å². The van der Waals surface area contributed by atoms with Crippen molar-refractivity contribution in [1.82, 2.24) is 20.0 Å². The zero-order chi connectivity index (χ0) is 20.4. The van der Waals surface area contributed by atoms with Crippen LogP contribution < -0.4 is 4.74 Å². The fraction of sp³-hybridized carbons (Fsp3) is 0.565. The number of H-pyrrole nitrogens is 1. The van der Waals surface area contributed by atoms with Gasteiger partial charge < -0.3 is 9.64 Å². The number of rotatable bonds is 5. The summed E-state index contributed by atoms with van der Waals surface area (Å²) in [7, 11) is 2.20. The van der Waals surface area contributed by atoms with E-state index in [2.05, 4.69) is 40.9 Å². The quantitative estimate of drug-likeness (QED) is 0.831. The molecule has 0 spiro atoms. The Kier molecular flexibility index (Phi) is 5.63. The summed E-state index contributed by atoms with van der Waals surface area (Å²) >= 11 is 0. The van der Waals surface area contributed by atoms with E-state index in [1.54, 1.807) is 0 Å². The predicted octanol–water partition coefficient (Wildman–Crippen LogP) is 3.95. The number of ether oxygens (including phenoxy) is 1. The first-order chi connectivity index (χ1) is 14.0. The normalized spacial score (nSPS) is 24.9. The lowest BCUT2D eigenvalue weighted by Crippen LogP contribution is -2.66. The Morgan fingerprint density at radius 3 is 2.97 bits per heavy atom. The first-order valence-corrected chi connectivity index (χ1v) is 10.8. The molecule has 0 saturated carbocycles. The molecule has 4 rings (SSSR count). The van der Waals surface area contributed by atoms with Crippen molar-refractivity contribution in [2.75, 3.05) is 26.7 Å². The van der Waals surface area contributed by atoms with Gasteiger partial charge in [-0.2, -0.15) is 5.10 Å². The van der Waals surface area contributed by atoms with Crippen molar-refractivity contribution in [2.24, 2.45) is 0 Å². The summed E-state index contributed by atoms with van der Waals surface area (Å²) in [4.78, 5) is 17.9. The van der Waals surface area contributed by atoms with Crippen LogP contribution in [-0.4, -0.2) is 64.2 Å². The molecule has 0 unspecified atom stereocenters. The number of carbonyl (C=O) groups is 1. The maximum atomic E-state index is 13.4. The number of amides is 1. The van der Waals surface area contributed by atoms with E-state index in [0.717, 1.165) is 62.2 Å². The molecular weight excluding hydrogens is 364 g/mol. The number of para-hydroxylation sites is 1. The van der Waals surface area contributed by atoms with Crippen molar-refractivity contribution >= 4 is 5.91 Å². The smallest absolute Gasteiger partial charge is 0.272 e. The van der Waals surface area contributed by atoms with E-state index in [1.807, 2.05) is 30.3 Å². The summed E-state index contributed by atoms with van der Waals surface area (Å²) in [5.41, 5.74) is 2.29. The molecule has 156 valence electrons. The maximum Gasteiger partial charge on any atom is 0.272 e. The molecule has 6 heteroatoms. The Morgan fingerprint density at radius 1 is 1.31 bits per heavy atom. The van der Waals surface area contributed by atoms with Gasteiger partial charge in [0.15, 0.2) is 0 Å². The van der Waals surface area contributed by atoms with Gasteiger partial charge in [-0.05, 0) is 70.8 Å². The molecule has 2 aliphatic rings. The van der Waals surface area contributed by atoms with Crippen LogP contribution in [0.25, 0.3) is 11.3 Å². The molecule has 1 aromatic carbocycles. The highest BCUT2D eigenvalue weighted by molar-refractivity contribution is 5.94. The SMILES string of the molecule is CCCOc1ccccc1-c1cc(C(=O)N2CCC[C@@]3(C)[C@@H]2CCCN3C)[nH]n1. The highest BCUT2D eigenvalue weighted by Crippen LogP contribution is 2.39. The highest BCUT2D eigenvalue weighted by Gasteiger charge is 2.47. The van der Waals surface area contributed by atoms with Gasteiger partial charge in [0.25, 0.3) is 5.91 Å². The minimum Gasteiger partial charge on any atom is -0.493 e. The van der Waals surface area contributed by atoms with Crippen molar-refractivity contribution in [3.05, 3.63) is 36.0 Å². The Labute approximate surface area is 173 Å². The lowest BCUT2D eigenvalue weighted by molar-refractivity contribution is -0.0349. The molecule has 6 nitrogen and oxygen atoms in total. The minimum absolute atomic E-state index is 0.0573. The van der Waals surface area contributed by atoms with Crippen molar-refractivity contribution < 1.29 is 9.53 Å². The predicted molar refractivity (Wildman–Crippen MR) is 114 cm³/mol. The van der Waals surface area contributed by atoms with Gasteiger partial charge in [0, 0.05) is 17.6 Å². The monoisotopic (exact) mass is 396 g/mol. The largest absolute Gasteiger partial charge is 0.493 e. The number of fused-ring (bicyclic) bond motifs is 1. The second-order valence-corrected chi connectivity index (χ2v) is 8.55. The zero-order valence-corrected chi connectivity index (χ0v) is 17.8. The van der Waals surface area contributed by atoms with Gasteiger partial charge in [0.1, 0.15) is 11.4 Å². The van der Waals surface area contributed by atoms with Crippen LogP contribution in [0.3, 0.4) is 0 Å². The molecule has 2 atom stereocenters. The molecule has 0 aliphatic carbocycles. The third-order valence-electron chi connectivity index (χ3n) is 6.71. The van der Waals surface area contributed by atoms with E-state index < -0.39 is 0 Å². The molecule has 2 aliphatic heterocycles. The molecule has 3 heterocycles. The first-order valence-electron chi connectivity index (χ1n) is 10.8. The summed E-state index contributed by atoms with van der Waals surface area (Å²) in [5.74, 6) is 0.862. The molecule has 2 aromatic rings. The number of nitrogens with one attached hydrogen (secondary N) is 1. The molecule has 2 fully saturated rings. The maximum absolute atomic E-state index is 13.4. The second kappa shape index (κ2) is 8.19. The number of nitrogens with zero attached hydrogens (tertiary/aromatic N) is 3. The van der Waals surface area contributed by atoms with Crippen LogP contribution in [0.1, 0.15) is 56.4 Å². The van der Waals surface area contributed by atoms with Gasteiger partial charge in [-0.15, -0.1) is 0 Å². The van der Waals surface area contributed by atoms with Crippen LogP contribution in [-0.2, 0) is 0 Å². The van der Waals surface area contributed by atoms with Crippen LogP contribution in [0.5, 0.6) is 5.75 Å². The third kappa shape index (κ3) is 3.66. The van der Waals surface area contributed by atoms with Crippen molar-refractivity contribution in [1.29, 1.82) is 0 Å². The van der Waals surface area contributed by atoms with E-state index in [0.29, 0.717) is 12.3 Å². The van der Waals surface area contributed by atoms with Gasteiger partial charge in [-0.3, -0.25) is 14.8 Å². The Balaban J connectivity index is 1.58. The van der Waals surface area contributed by atoms with Gasteiger partial charge >= 0.3 is 0 Å². The van der Waals surface area contributed by atoms with Crippen molar-refractivity contribution in [3.63, 3.8) is 0 Å². The van der Waals surface area contributed by atoms with E-state index in [9.17, 15) is 4.79 Å². The summed E-state index contributed by atoms with van der Waals surface area (Å²) in [5, 5.41) is 7.44. The van der Waals surface area contributed by atoms with E-state index >= 15 is 0 Å². The van der Waals surface area contributed by atoms with E-state index in [4.69, 9.17) is 4.74 Å².